The van der Waals surface area contributed by atoms with Crippen LogP contribution in [0.25, 0.3) is 0 Å². The highest BCUT2D eigenvalue weighted by molar-refractivity contribution is 5.91. The van der Waals surface area contributed by atoms with Crippen molar-refractivity contribution in [2.75, 3.05) is 0 Å². The predicted octanol–water partition coefficient (Wildman–Crippen LogP) is 0.855. The Morgan fingerprint density at radius 2 is 1.48 bits per heavy atom. The standard InChI is InChI=1S/C20H22N4O5/c1-13(25)22-18(12-14-5-3-2-4-6-14)20(27)23-17(19(21)26)11-15-7-9-16(10-8-15)24(28)29/h2-10,17-18H,11-12H2,1H3,(H2,21,26)(H,22,25)(H,23,27)/t17-,18+/m1/s1. The van der Waals surface area contributed by atoms with Gasteiger partial charge in [0.2, 0.25) is 17.7 Å². The van der Waals surface area contributed by atoms with Gasteiger partial charge in [0.25, 0.3) is 5.69 Å². The Labute approximate surface area is 167 Å². The van der Waals surface area contributed by atoms with E-state index in [1.807, 2.05) is 30.3 Å². The number of amides is 3. The molecule has 0 aliphatic rings. The molecule has 9 heteroatoms. The molecule has 0 aromatic heterocycles. The number of benzene rings is 2. The minimum absolute atomic E-state index is 0.0667. The van der Waals surface area contributed by atoms with Gasteiger partial charge in [-0.2, -0.15) is 0 Å². The molecular formula is C20H22N4O5. The van der Waals surface area contributed by atoms with Crippen molar-refractivity contribution in [3.63, 3.8) is 0 Å². The molecule has 0 bridgehead atoms. The van der Waals surface area contributed by atoms with E-state index >= 15 is 0 Å². The summed E-state index contributed by atoms with van der Waals surface area (Å²) in [5.74, 6) is -1.68. The maximum absolute atomic E-state index is 12.7. The van der Waals surface area contributed by atoms with Gasteiger partial charge >= 0.3 is 0 Å². The Morgan fingerprint density at radius 3 is 2.00 bits per heavy atom. The Kier molecular flexibility index (Phi) is 7.41. The van der Waals surface area contributed by atoms with E-state index in [0.717, 1.165) is 5.56 Å². The van der Waals surface area contributed by atoms with Crippen LogP contribution in [0.5, 0.6) is 0 Å². The average Bonchev–Trinajstić information content (AvgIpc) is 2.67. The van der Waals surface area contributed by atoms with E-state index in [-0.39, 0.29) is 24.4 Å². The van der Waals surface area contributed by atoms with Crippen molar-refractivity contribution in [3.8, 4) is 0 Å². The predicted molar refractivity (Wildman–Crippen MR) is 106 cm³/mol. The SMILES string of the molecule is CC(=O)N[C@@H](Cc1ccccc1)C(=O)N[C@H](Cc1ccc([N+](=O)[O-])cc1)C(N)=O. The normalized spacial score (nSPS) is 12.4. The minimum atomic E-state index is -1.03. The second-order valence-corrected chi connectivity index (χ2v) is 6.53. The summed E-state index contributed by atoms with van der Waals surface area (Å²) in [5.41, 5.74) is 6.77. The molecule has 2 aromatic carbocycles. The summed E-state index contributed by atoms with van der Waals surface area (Å²) >= 11 is 0. The van der Waals surface area contributed by atoms with Gasteiger partial charge in [0.05, 0.1) is 4.92 Å². The molecule has 4 N–H and O–H groups in total. The fourth-order valence-electron chi connectivity index (χ4n) is 2.79. The number of nitro groups is 1. The molecule has 152 valence electrons. The van der Waals surface area contributed by atoms with Crippen LogP contribution in [-0.2, 0) is 27.2 Å². The zero-order valence-corrected chi connectivity index (χ0v) is 15.8. The number of carbonyl (C=O) groups excluding carboxylic acids is 3. The number of primary amides is 1. The molecule has 0 heterocycles. The van der Waals surface area contributed by atoms with Gasteiger partial charge < -0.3 is 16.4 Å². The Balaban J connectivity index is 2.11. The number of nitro benzene ring substituents is 1. The molecule has 0 fully saturated rings. The molecule has 0 unspecified atom stereocenters. The Morgan fingerprint density at radius 1 is 0.931 bits per heavy atom. The van der Waals surface area contributed by atoms with Gasteiger partial charge in [-0.05, 0) is 11.1 Å². The van der Waals surface area contributed by atoms with Crippen molar-refractivity contribution in [2.45, 2.75) is 31.8 Å². The Hall–Kier alpha value is -3.75. The van der Waals surface area contributed by atoms with Crippen LogP contribution in [0.4, 0.5) is 5.69 Å². The van der Waals surface area contributed by atoms with E-state index in [9.17, 15) is 24.5 Å². The summed E-state index contributed by atoms with van der Waals surface area (Å²) < 4.78 is 0. The smallest absolute Gasteiger partial charge is 0.269 e. The second-order valence-electron chi connectivity index (χ2n) is 6.53. The van der Waals surface area contributed by atoms with E-state index in [0.29, 0.717) is 5.56 Å². The van der Waals surface area contributed by atoms with E-state index in [1.165, 1.54) is 31.2 Å². The zero-order valence-electron chi connectivity index (χ0n) is 15.8. The number of nitrogens with two attached hydrogens (primary N) is 1. The Bertz CT molecular complexity index is 884. The van der Waals surface area contributed by atoms with E-state index in [2.05, 4.69) is 10.6 Å². The largest absolute Gasteiger partial charge is 0.368 e. The highest BCUT2D eigenvalue weighted by Crippen LogP contribution is 2.13. The maximum atomic E-state index is 12.7. The van der Waals surface area contributed by atoms with Crippen LogP contribution in [0.1, 0.15) is 18.1 Å². The first-order valence-electron chi connectivity index (χ1n) is 8.90. The molecular weight excluding hydrogens is 376 g/mol. The minimum Gasteiger partial charge on any atom is -0.368 e. The molecule has 2 atom stereocenters. The average molecular weight is 398 g/mol. The third-order valence-corrected chi connectivity index (χ3v) is 4.22. The van der Waals surface area contributed by atoms with Crippen molar-refractivity contribution in [1.82, 2.24) is 10.6 Å². The first-order valence-corrected chi connectivity index (χ1v) is 8.90. The maximum Gasteiger partial charge on any atom is 0.269 e. The molecule has 0 spiro atoms. The summed E-state index contributed by atoms with van der Waals surface area (Å²) in [6.45, 7) is 1.30. The topological polar surface area (TPSA) is 144 Å². The summed E-state index contributed by atoms with van der Waals surface area (Å²) in [5, 5.41) is 15.9. The third-order valence-electron chi connectivity index (χ3n) is 4.22. The molecule has 29 heavy (non-hydrogen) atoms. The van der Waals surface area contributed by atoms with Crippen molar-refractivity contribution in [2.24, 2.45) is 5.73 Å². The van der Waals surface area contributed by atoms with Crippen LogP contribution in [-0.4, -0.2) is 34.7 Å². The van der Waals surface area contributed by atoms with Crippen LogP contribution >= 0.6 is 0 Å². The van der Waals surface area contributed by atoms with Gasteiger partial charge in [0, 0.05) is 31.9 Å². The lowest BCUT2D eigenvalue weighted by atomic mass is 10.0. The van der Waals surface area contributed by atoms with E-state index in [4.69, 9.17) is 5.73 Å². The number of hydrogen-bond acceptors (Lipinski definition) is 5. The van der Waals surface area contributed by atoms with Crippen LogP contribution in [0, 0.1) is 10.1 Å². The lowest BCUT2D eigenvalue weighted by Gasteiger charge is -2.21. The highest BCUT2D eigenvalue weighted by Gasteiger charge is 2.25. The molecule has 9 nitrogen and oxygen atoms in total. The number of nitrogens with one attached hydrogen (secondary N) is 2. The van der Waals surface area contributed by atoms with Crippen molar-refractivity contribution >= 4 is 23.4 Å². The fourth-order valence-corrected chi connectivity index (χ4v) is 2.79. The van der Waals surface area contributed by atoms with Crippen molar-refractivity contribution < 1.29 is 19.3 Å². The van der Waals surface area contributed by atoms with Crippen LogP contribution in [0.3, 0.4) is 0 Å². The summed E-state index contributed by atoms with van der Waals surface area (Å²) in [4.78, 5) is 46.3. The summed E-state index contributed by atoms with van der Waals surface area (Å²) in [7, 11) is 0. The molecule has 2 aromatic rings. The van der Waals surface area contributed by atoms with E-state index in [1.54, 1.807) is 0 Å². The zero-order chi connectivity index (χ0) is 21.4. The van der Waals surface area contributed by atoms with Gasteiger partial charge in [-0.25, -0.2) is 0 Å². The van der Waals surface area contributed by atoms with Gasteiger partial charge in [0.15, 0.2) is 0 Å². The van der Waals surface area contributed by atoms with Crippen LogP contribution in [0.15, 0.2) is 54.6 Å². The number of rotatable bonds is 9. The number of hydrogen-bond donors (Lipinski definition) is 3. The van der Waals surface area contributed by atoms with Crippen LogP contribution < -0.4 is 16.4 Å². The molecule has 0 radical (unpaired) electrons. The fraction of sp³-hybridized carbons (Fsp3) is 0.250. The summed E-state index contributed by atoms with van der Waals surface area (Å²) in [6, 6.07) is 12.8. The quantitative estimate of drug-likeness (QED) is 0.424. The first kappa shape index (κ1) is 21.5. The van der Waals surface area contributed by atoms with Gasteiger partial charge in [-0.1, -0.05) is 42.5 Å². The van der Waals surface area contributed by atoms with Gasteiger partial charge in [-0.15, -0.1) is 0 Å². The molecule has 0 aliphatic heterocycles. The van der Waals surface area contributed by atoms with E-state index < -0.39 is 28.8 Å². The van der Waals surface area contributed by atoms with Gasteiger partial charge in [0.1, 0.15) is 12.1 Å². The highest BCUT2D eigenvalue weighted by atomic mass is 16.6. The summed E-state index contributed by atoms with van der Waals surface area (Å²) in [6.07, 6.45) is 0.312. The molecule has 0 aliphatic carbocycles. The number of carbonyl (C=O) groups is 3. The number of non-ortho nitro benzene ring substituents is 1. The third kappa shape index (κ3) is 6.73. The lowest BCUT2D eigenvalue weighted by Crippen LogP contribution is -2.54. The number of nitrogens with zero attached hydrogens (tertiary/aromatic N) is 1. The van der Waals surface area contributed by atoms with Gasteiger partial charge in [-0.3, -0.25) is 24.5 Å². The molecule has 3 amide bonds. The van der Waals surface area contributed by atoms with Crippen molar-refractivity contribution in [3.05, 3.63) is 75.8 Å². The monoisotopic (exact) mass is 398 g/mol. The molecule has 0 saturated carbocycles. The lowest BCUT2D eigenvalue weighted by molar-refractivity contribution is -0.384. The van der Waals surface area contributed by atoms with Crippen molar-refractivity contribution in [1.29, 1.82) is 0 Å². The first-order chi connectivity index (χ1) is 13.8. The second kappa shape index (κ2) is 9.98. The van der Waals surface area contributed by atoms with Crippen LogP contribution in [0.2, 0.25) is 0 Å². The molecule has 0 saturated heterocycles. The molecule has 2 rings (SSSR count).